The van der Waals surface area contributed by atoms with Gasteiger partial charge in [-0.3, -0.25) is 0 Å². The second-order valence-electron chi connectivity index (χ2n) is 6.50. The quantitative estimate of drug-likeness (QED) is 0.847. The molecule has 0 aromatic heterocycles. The fourth-order valence-electron chi connectivity index (χ4n) is 3.62. The van der Waals surface area contributed by atoms with Gasteiger partial charge in [-0.05, 0) is 50.3 Å². The van der Waals surface area contributed by atoms with Crippen LogP contribution in [0.2, 0.25) is 0 Å². The van der Waals surface area contributed by atoms with Crippen molar-refractivity contribution < 1.29 is 14.2 Å². The Hall–Kier alpha value is -0.900. The van der Waals surface area contributed by atoms with Gasteiger partial charge in [0.05, 0.1) is 25.9 Å². The Kier molecular flexibility index (Phi) is 4.34. The van der Waals surface area contributed by atoms with Gasteiger partial charge in [0.15, 0.2) is 5.79 Å². The van der Waals surface area contributed by atoms with Crippen molar-refractivity contribution >= 4 is 0 Å². The lowest BCUT2D eigenvalue weighted by molar-refractivity contribution is -0.192. The molecule has 3 rings (SSSR count). The van der Waals surface area contributed by atoms with Crippen molar-refractivity contribution in [1.29, 1.82) is 0 Å². The number of rotatable bonds is 3. The summed E-state index contributed by atoms with van der Waals surface area (Å²) in [4.78, 5) is 0. The van der Waals surface area contributed by atoms with Crippen molar-refractivity contribution in [1.82, 2.24) is 0 Å². The van der Waals surface area contributed by atoms with Crippen LogP contribution in [0, 0.1) is 20.8 Å². The van der Waals surface area contributed by atoms with E-state index in [9.17, 15) is 0 Å². The van der Waals surface area contributed by atoms with Crippen LogP contribution in [0.1, 0.15) is 47.9 Å². The summed E-state index contributed by atoms with van der Waals surface area (Å²) in [7, 11) is 0. The summed E-state index contributed by atoms with van der Waals surface area (Å²) in [6, 6.07) is 4.48. The van der Waals surface area contributed by atoms with Crippen LogP contribution in [0.15, 0.2) is 12.1 Å². The maximum Gasteiger partial charge on any atom is 0.168 e. The minimum absolute atomic E-state index is 0.282. The Morgan fingerprint density at radius 1 is 1.05 bits per heavy atom. The highest BCUT2D eigenvalue weighted by Gasteiger charge is 2.40. The normalized spacial score (nSPS) is 22.0. The number of benzene rings is 1. The van der Waals surface area contributed by atoms with Gasteiger partial charge in [0.2, 0.25) is 0 Å². The van der Waals surface area contributed by atoms with Crippen LogP contribution in [-0.2, 0) is 20.8 Å². The molecule has 1 heterocycles. The van der Waals surface area contributed by atoms with E-state index in [1.54, 1.807) is 0 Å². The Morgan fingerprint density at radius 2 is 1.62 bits per heavy atom. The average molecular weight is 290 g/mol. The van der Waals surface area contributed by atoms with E-state index < -0.39 is 0 Å². The second-order valence-corrected chi connectivity index (χ2v) is 6.50. The summed E-state index contributed by atoms with van der Waals surface area (Å²) in [5.74, 6) is -0.282. The smallest absolute Gasteiger partial charge is 0.168 e. The van der Waals surface area contributed by atoms with Crippen molar-refractivity contribution in [3.8, 4) is 0 Å². The van der Waals surface area contributed by atoms with Crippen LogP contribution in [0.4, 0.5) is 0 Å². The van der Waals surface area contributed by atoms with Gasteiger partial charge in [-0.2, -0.15) is 0 Å². The van der Waals surface area contributed by atoms with Crippen molar-refractivity contribution in [3.05, 3.63) is 34.4 Å². The molecule has 3 heteroatoms. The lowest BCUT2D eigenvalue weighted by Gasteiger charge is -2.35. The summed E-state index contributed by atoms with van der Waals surface area (Å²) in [5.41, 5.74) is 5.34. The maximum atomic E-state index is 6.16. The largest absolute Gasteiger partial charge is 0.374 e. The molecule has 1 aromatic rings. The van der Waals surface area contributed by atoms with Gasteiger partial charge in [0.1, 0.15) is 0 Å². The molecular formula is C18H26O3. The maximum absolute atomic E-state index is 6.16. The summed E-state index contributed by atoms with van der Waals surface area (Å²) in [6.07, 6.45) is 4.32. The molecule has 1 saturated carbocycles. The summed E-state index contributed by atoms with van der Waals surface area (Å²) >= 11 is 0. The van der Waals surface area contributed by atoms with Gasteiger partial charge >= 0.3 is 0 Å². The van der Waals surface area contributed by atoms with Gasteiger partial charge in [0, 0.05) is 12.8 Å². The Labute approximate surface area is 127 Å². The standard InChI is InChI=1S/C18H26O3/c1-13-10-14(2)17(15(3)11-13)12-19-16-4-6-18(7-5-16)20-8-9-21-18/h10-11,16H,4-9,12H2,1-3H3. The molecule has 1 spiro atoms. The van der Waals surface area contributed by atoms with Crippen molar-refractivity contribution in [2.75, 3.05) is 13.2 Å². The Balaban J connectivity index is 1.55. The van der Waals surface area contributed by atoms with E-state index in [1.165, 1.54) is 22.3 Å². The monoisotopic (exact) mass is 290 g/mol. The first kappa shape index (κ1) is 15.0. The zero-order valence-corrected chi connectivity index (χ0v) is 13.4. The first-order valence-corrected chi connectivity index (χ1v) is 8.04. The Bertz CT molecular complexity index is 470. The third-order valence-electron chi connectivity index (χ3n) is 4.81. The highest BCUT2D eigenvalue weighted by molar-refractivity contribution is 5.36. The first-order chi connectivity index (χ1) is 10.1. The lowest BCUT2D eigenvalue weighted by atomic mass is 9.91. The Morgan fingerprint density at radius 3 is 2.19 bits per heavy atom. The predicted octanol–water partition coefficient (Wildman–Crippen LogP) is 3.81. The molecule has 3 nitrogen and oxygen atoms in total. The van der Waals surface area contributed by atoms with Crippen molar-refractivity contribution in [2.24, 2.45) is 0 Å². The van der Waals surface area contributed by atoms with E-state index in [-0.39, 0.29) is 5.79 Å². The van der Waals surface area contributed by atoms with Crippen LogP contribution in [0.5, 0.6) is 0 Å². The van der Waals surface area contributed by atoms with Gasteiger partial charge in [-0.25, -0.2) is 0 Å². The topological polar surface area (TPSA) is 27.7 Å². The molecule has 0 bridgehead atoms. The van der Waals surface area contributed by atoms with Crippen molar-refractivity contribution in [3.63, 3.8) is 0 Å². The number of hydrogen-bond acceptors (Lipinski definition) is 3. The highest BCUT2D eigenvalue weighted by atomic mass is 16.7. The first-order valence-electron chi connectivity index (χ1n) is 8.04. The lowest BCUT2D eigenvalue weighted by Crippen LogP contribution is -2.37. The average Bonchev–Trinajstić information content (AvgIpc) is 2.88. The molecule has 0 unspecified atom stereocenters. The summed E-state index contributed by atoms with van der Waals surface area (Å²) in [5, 5.41) is 0. The van der Waals surface area contributed by atoms with E-state index in [4.69, 9.17) is 14.2 Å². The fraction of sp³-hybridized carbons (Fsp3) is 0.667. The third kappa shape index (κ3) is 3.31. The number of hydrogen-bond donors (Lipinski definition) is 0. The van der Waals surface area contributed by atoms with E-state index in [0.717, 1.165) is 45.5 Å². The van der Waals surface area contributed by atoms with Crippen LogP contribution >= 0.6 is 0 Å². The third-order valence-corrected chi connectivity index (χ3v) is 4.81. The molecule has 0 atom stereocenters. The van der Waals surface area contributed by atoms with Crippen LogP contribution in [0.3, 0.4) is 0 Å². The van der Waals surface area contributed by atoms with Crippen LogP contribution < -0.4 is 0 Å². The second kappa shape index (κ2) is 6.07. The molecule has 116 valence electrons. The highest BCUT2D eigenvalue weighted by Crippen LogP contribution is 2.37. The molecular weight excluding hydrogens is 264 g/mol. The van der Waals surface area contributed by atoms with Crippen molar-refractivity contribution in [2.45, 2.75) is 65.0 Å². The molecule has 1 saturated heterocycles. The van der Waals surface area contributed by atoms with Crippen LogP contribution in [-0.4, -0.2) is 25.1 Å². The van der Waals surface area contributed by atoms with Gasteiger partial charge in [0.25, 0.3) is 0 Å². The minimum atomic E-state index is -0.282. The van der Waals surface area contributed by atoms with E-state index >= 15 is 0 Å². The zero-order chi connectivity index (χ0) is 14.9. The molecule has 2 aliphatic rings. The number of aryl methyl sites for hydroxylation is 3. The molecule has 2 fully saturated rings. The molecule has 21 heavy (non-hydrogen) atoms. The van der Waals surface area contributed by atoms with Gasteiger partial charge in [-0.15, -0.1) is 0 Å². The van der Waals surface area contributed by atoms with Gasteiger partial charge in [-0.1, -0.05) is 17.7 Å². The predicted molar refractivity (Wildman–Crippen MR) is 82.3 cm³/mol. The molecule has 1 aliphatic heterocycles. The summed E-state index contributed by atoms with van der Waals surface area (Å²) in [6.45, 7) is 8.70. The van der Waals surface area contributed by atoms with E-state index in [0.29, 0.717) is 6.10 Å². The van der Waals surface area contributed by atoms with E-state index in [1.807, 2.05) is 0 Å². The SMILES string of the molecule is Cc1cc(C)c(COC2CCC3(CC2)OCCO3)c(C)c1. The molecule has 0 N–H and O–H groups in total. The number of ether oxygens (including phenoxy) is 3. The molecule has 0 amide bonds. The molecule has 0 radical (unpaired) electrons. The molecule has 1 aromatic carbocycles. The van der Waals surface area contributed by atoms with Gasteiger partial charge < -0.3 is 14.2 Å². The fourth-order valence-corrected chi connectivity index (χ4v) is 3.62. The molecule has 1 aliphatic carbocycles. The minimum Gasteiger partial charge on any atom is -0.374 e. The van der Waals surface area contributed by atoms with E-state index in [2.05, 4.69) is 32.9 Å². The summed E-state index contributed by atoms with van der Waals surface area (Å²) < 4.78 is 17.7. The zero-order valence-electron chi connectivity index (χ0n) is 13.4. The van der Waals surface area contributed by atoms with Crippen LogP contribution in [0.25, 0.3) is 0 Å².